The minimum absolute atomic E-state index is 0.0248. The Morgan fingerprint density at radius 2 is 1.81 bits per heavy atom. The Morgan fingerprint density at radius 3 is 2.29 bits per heavy atom. The van der Waals surface area contributed by atoms with Gasteiger partial charge >= 0.3 is 18.2 Å². The number of halogens is 3. The number of amides is 1. The van der Waals surface area contributed by atoms with Crippen molar-refractivity contribution in [1.29, 1.82) is 0 Å². The molecular weight excluding hydrogens is 295 g/mol. The van der Waals surface area contributed by atoms with E-state index >= 15 is 0 Å². The highest BCUT2D eigenvalue weighted by Gasteiger charge is 2.30. The summed E-state index contributed by atoms with van der Waals surface area (Å²) in [6, 6.07) is 4.03. The molecule has 1 aromatic rings. The summed E-state index contributed by atoms with van der Waals surface area (Å²) in [4.78, 5) is 22.1. The Labute approximate surface area is 117 Å². The molecule has 6 nitrogen and oxygen atoms in total. The molecule has 0 radical (unpaired) electrons. The number of aliphatic carboxylic acids is 1. The lowest BCUT2D eigenvalue weighted by Crippen LogP contribution is -2.43. The molecule has 0 aliphatic rings. The number of phenolic OH excluding ortho intramolecular Hbond substituents is 1. The van der Waals surface area contributed by atoms with Gasteiger partial charge in [-0.3, -0.25) is 0 Å². The van der Waals surface area contributed by atoms with Gasteiger partial charge in [-0.2, -0.15) is 13.2 Å². The number of nitrogens with one attached hydrogen (secondary N) is 1. The number of rotatable bonds is 5. The predicted octanol–water partition coefficient (Wildman–Crippen LogP) is 1.68. The first-order chi connectivity index (χ1) is 9.67. The van der Waals surface area contributed by atoms with Crippen LogP contribution < -0.4 is 5.32 Å². The zero-order valence-corrected chi connectivity index (χ0v) is 10.6. The number of alkyl carbamates (subject to hydrolysis) is 1. The lowest BCUT2D eigenvalue weighted by atomic mass is 10.1. The molecule has 0 fully saturated rings. The van der Waals surface area contributed by atoms with Gasteiger partial charge in [0.05, 0.1) is 0 Å². The summed E-state index contributed by atoms with van der Waals surface area (Å²) < 4.78 is 39.4. The smallest absolute Gasteiger partial charge is 0.422 e. The number of carboxylic acids is 1. The average Bonchev–Trinajstić information content (AvgIpc) is 2.37. The first-order valence-corrected chi connectivity index (χ1v) is 5.68. The number of phenols is 1. The van der Waals surface area contributed by atoms with Crippen LogP contribution in [-0.4, -0.2) is 41.1 Å². The first kappa shape index (κ1) is 16.6. The van der Waals surface area contributed by atoms with Crippen molar-refractivity contribution in [3.05, 3.63) is 29.8 Å². The molecule has 0 heterocycles. The number of hydrogen-bond donors (Lipinski definition) is 3. The minimum Gasteiger partial charge on any atom is -0.508 e. The molecular formula is C12H12F3NO5. The van der Waals surface area contributed by atoms with Gasteiger partial charge in [-0.05, 0) is 17.7 Å². The van der Waals surface area contributed by atoms with Crippen LogP contribution in [0.25, 0.3) is 0 Å². The van der Waals surface area contributed by atoms with E-state index in [4.69, 9.17) is 10.2 Å². The summed E-state index contributed by atoms with van der Waals surface area (Å²) in [7, 11) is 0. The quantitative estimate of drug-likeness (QED) is 0.769. The maximum Gasteiger partial charge on any atom is 0.422 e. The van der Waals surface area contributed by atoms with Crippen LogP contribution >= 0.6 is 0 Å². The SMILES string of the molecule is O=C(NC(Cc1ccc(O)cc1)C(=O)O)OCC(F)(F)F. The number of carboxylic acid groups (broad SMARTS) is 1. The van der Waals surface area contributed by atoms with Crippen LogP contribution in [0, 0.1) is 0 Å². The van der Waals surface area contributed by atoms with Crippen LogP contribution in [0.4, 0.5) is 18.0 Å². The van der Waals surface area contributed by atoms with Crippen LogP contribution in [0.3, 0.4) is 0 Å². The summed E-state index contributed by atoms with van der Waals surface area (Å²) in [5.74, 6) is -1.45. The third kappa shape index (κ3) is 6.50. The molecule has 1 aromatic carbocycles. The third-order valence-electron chi connectivity index (χ3n) is 2.33. The number of ether oxygens (including phenoxy) is 1. The highest BCUT2D eigenvalue weighted by Crippen LogP contribution is 2.15. The Balaban J connectivity index is 2.59. The van der Waals surface area contributed by atoms with E-state index in [0.717, 1.165) is 0 Å². The van der Waals surface area contributed by atoms with Crippen molar-refractivity contribution in [3.8, 4) is 5.75 Å². The number of alkyl halides is 3. The molecule has 1 amide bonds. The molecule has 1 atom stereocenters. The van der Waals surface area contributed by atoms with Crippen LogP contribution in [0.15, 0.2) is 24.3 Å². The van der Waals surface area contributed by atoms with Crippen LogP contribution in [0.5, 0.6) is 5.75 Å². The van der Waals surface area contributed by atoms with Crippen molar-refractivity contribution in [2.45, 2.75) is 18.6 Å². The molecule has 3 N–H and O–H groups in total. The maximum atomic E-state index is 11.9. The van der Waals surface area contributed by atoms with Gasteiger partial charge in [-0.15, -0.1) is 0 Å². The maximum absolute atomic E-state index is 11.9. The highest BCUT2D eigenvalue weighted by molar-refractivity contribution is 5.80. The molecule has 0 bridgehead atoms. The number of aromatic hydroxyl groups is 1. The highest BCUT2D eigenvalue weighted by atomic mass is 19.4. The second kappa shape index (κ2) is 6.82. The second-order valence-corrected chi connectivity index (χ2v) is 4.10. The van der Waals surface area contributed by atoms with Gasteiger partial charge in [-0.1, -0.05) is 12.1 Å². The first-order valence-electron chi connectivity index (χ1n) is 5.68. The zero-order chi connectivity index (χ0) is 16.0. The number of carbonyl (C=O) groups excluding carboxylic acids is 1. The molecule has 0 aliphatic carbocycles. The van der Waals surface area contributed by atoms with Crippen molar-refractivity contribution in [2.75, 3.05) is 6.61 Å². The van der Waals surface area contributed by atoms with Crippen LogP contribution in [0.1, 0.15) is 5.56 Å². The molecule has 1 unspecified atom stereocenters. The van der Waals surface area contributed by atoms with E-state index in [2.05, 4.69) is 4.74 Å². The number of hydrogen-bond acceptors (Lipinski definition) is 4. The summed E-state index contributed by atoms with van der Waals surface area (Å²) in [5.41, 5.74) is 0.469. The number of carbonyl (C=O) groups is 2. The fraction of sp³-hybridized carbons (Fsp3) is 0.333. The van der Waals surface area contributed by atoms with Crippen molar-refractivity contribution in [2.24, 2.45) is 0 Å². The standard InChI is InChI=1S/C12H12F3NO5/c13-12(14,15)6-21-11(20)16-9(10(18)19)5-7-1-3-8(17)4-2-7/h1-4,9,17H,5-6H2,(H,16,20)(H,18,19). The molecule has 116 valence electrons. The summed E-state index contributed by atoms with van der Waals surface area (Å²) in [6.07, 6.45) is -6.33. The Bertz CT molecular complexity index is 501. The van der Waals surface area contributed by atoms with Gasteiger partial charge in [0.15, 0.2) is 6.61 Å². The second-order valence-electron chi connectivity index (χ2n) is 4.10. The Hall–Kier alpha value is -2.45. The van der Waals surface area contributed by atoms with Crippen LogP contribution in [-0.2, 0) is 16.0 Å². The summed E-state index contributed by atoms with van der Waals surface area (Å²) in [5, 5.41) is 19.8. The van der Waals surface area contributed by atoms with E-state index in [9.17, 15) is 22.8 Å². The normalized spacial score (nSPS) is 12.5. The van der Waals surface area contributed by atoms with E-state index in [0.29, 0.717) is 5.56 Å². The van der Waals surface area contributed by atoms with Crippen molar-refractivity contribution in [1.82, 2.24) is 5.32 Å². The van der Waals surface area contributed by atoms with Crippen LogP contribution in [0.2, 0.25) is 0 Å². The fourth-order valence-corrected chi connectivity index (χ4v) is 1.40. The van der Waals surface area contributed by atoms with E-state index in [1.807, 2.05) is 5.32 Å². The largest absolute Gasteiger partial charge is 0.508 e. The van der Waals surface area contributed by atoms with E-state index in [-0.39, 0.29) is 12.2 Å². The monoisotopic (exact) mass is 307 g/mol. The third-order valence-corrected chi connectivity index (χ3v) is 2.33. The van der Waals surface area contributed by atoms with Gasteiger partial charge in [0.1, 0.15) is 11.8 Å². The van der Waals surface area contributed by atoms with Crippen molar-refractivity contribution >= 4 is 12.1 Å². The van der Waals surface area contributed by atoms with Crippen molar-refractivity contribution < 1.29 is 37.7 Å². The lowest BCUT2D eigenvalue weighted by molar-refractivity contribution is -0.160. The average molecular weight is 307 g/mol. The molecule has 0 aromatic heterocycles. The van der Waals surface area contributed by atoms with Gasteiger partial charge in [0.2, 0.25) is 0 Å². The van der Waals surface area contributed by atoms with Crippen molar-refractivity contribution in [3.63, 3.8) is 0 Å². The molecule has 0 saturated carbocycles. The molecule has 0 aliphatic heterocycles. The van der Waals surface area contributed by atoms with Gasteiger partial charge in [-0.25, -0.2) is 9.59 Å². The van der Waals surface area contributed by atoms with Gasteiger partial charge in [0.25, 0.3) is 0 Å². The molecule has 1 rings (SSSR count). The summed E-state index contributed by atoms with van der Waals surface area (Å²) in [6.45, 7) is -1.80. The lowest BCUT2D eigenvalue weighted by Gasteiger charge is -2.15. The molecule has 21 heavy (non-hydrogen) atoms. The molecule has 9 heteroatoms. The Morgan fingerprint density at radius 1 is 1.24 bits per heavy atom. The van der Waals surface area contributed by atoms with E-state index in [1.54, 1.807) is 0 Å². The Kier molecular flexibility index (Phi) is 5.39. The number of benzene rings is 1. The van der Waals surface area contributed by atoms with E-state index in [1.165, 1.54) is 24.3 Å². The summed E-state index contributed by atoms with van der Waals surface area (Å²) >= 11 is 0. The van der Waals surface area contributed by atoms with Gasteiger partial charge < -0.3 is 20.3 Å². The van der Waals surface area contributed by atoms with E-state index < -0.39 is 30.9 Å². The topological polar surface area (TPSA) is 95.9 Å². The predicted molar refractivity (Wildman–Crippen MR) is 63.8 cm³/mol. The molecule has 0 spiro atoms. The van der Waals surface area contributed by atoms with Gasteiger partial charge in [0, 0.05) is 6.42 Å². The minimum atomic E-state index is -4.69. The molecule has 0 saturated heterocycles. The zero-order valence-electron chi connectivity index (χ0n) is 10.6. The fourth-order valence-electron chi connectivity index (χ4n) is 1.40.